The van der Waals surface area contributed by atoms with Crippen molar-refractivity contribution in [3.8, 4) is 0 Å². The number of ether oxygens (including phenoxy) is 1. The summed E-state index contributed by atoms with van der Waals surface area (Å²) >= 11 is 0. The van der Waals surface area contributed by atoms with Crippen molar-refractivity contribution in [2.45, 2.75) is 38.3 Å². The van der Waals surface area contributed by atoms with Gasteiger partial charge in [-0.25, -0.2) is 0 Å². The first-order valence-corrected chi connectivity index (χ1v) is 6.03. The van der Waals surface area contributed by atoms with Crippen LogP contribution in [0.15, 0.2) is 24.5 Å². The number of nitrogens with one attached hydrogen (secondary N) is 1. The molecule has 3 nitrogen and oxygen atoms in total. The monoisotopic (exact) mass is 220 g/mol. The smallest absolute Gasteiger partial charge is 0.0849 e. The minimum absolute atomic E-state index is 0.0843. The summed E-state index contributed by atoms with van der Waals surface area (Å²) < 4.78 is 5.92. The Hall–Kier alpha value is -0.930. The van der Waals surface area contributed by atoms with Crippen LogP contribution in [0.1, 0.15) is 38.3 Å². The van der Waals surface area contributed by atoms with Gasteiger partial charge in [-0.3, -0.25) is 4.98 Å². The van der Waals surface area contributed by atoms with Crippen molar-refractivity contribution >= 4 is 0 Å². The Morgan fingerprint density at radius 1 is 1.62 bits per heavy atom. The first-order valence-electron chi connectivity index (χ1n) is 6.03. The maximum atomic E-state index is 5.92. The van der Waals surface area contributed by atoms with Crippen LogP contribution in [0.2, 0.25) is 0 Å². The summed E-state index contributed by atoms with van der Waals surface area (Å²) in [7, 11) is 0. The lowest BCUT2D eigenvalue weighted by atomic mass is 9.88. The molecule has 3 heteroatoms. The number of hydrogen-bond donors (Lipinski definition) is 1. The van der Waals surface area contributed by atoms with Gasteiger partial charge in [-0.1, -0.05) is 13.0 Å². The molecule has 2 rings (SSSR count). The molecule has 1 N–H and O–H groups in total. The number of hydrogen-bond acceptors (Lipinski definition) is 3. The van der Waals surface area contributed by atoms with Crippen molar-refractivity contribution in [1.82, 2.24) is 10.3 Å². The van der Waals surface area contributed by atoms with Gasteiger partial charge in [-0.05, 0) is 37.9 Å². The fourth-order valence-electron chi connectivity index (χ4n) is 2.47. The summed E-state index contributed by atoms with van der Waals surface area (Å²) in [5.74, 6) is 0. The lowest BCUT2D eigenvalue weighted by Crippen LogP contribution is -2.41. The highest BCUT2D eigenvalue weighted by molar-refractivity contribution is 5.18. The molecule has 0 spiro atoms. The molecule has 0 aromatic carbocycles. The summed E-state index contributed by atoms with van der Waals surface area (Å²) in [6.45, 7) is 6.14. The molecular formula is C13H20N2O. The molecular weight excluding hydrogens is 200 g/mol. The van der Waals surface area contributed by atoms with Crippen molar-refractivity contribution in [2.75, 3.05) is 13.2 Å². The van der Waals surface area contributed by atoms with E-state index in [-0.39, 0.29) is 11.6 Å². The predicted octanol–water partition coefficient (Wildman–Crippen LogP) is 2.30. The molecule has 2 atom stereocenters. The van der Waals surface area contributed by atoms with Crippen LogP contribution in [0, 0.1) is 0 Å². The molecule has 16 heavy (non-hydrogen) atoms. The van der Waals surface area contributed by atoms with Crippen LogP contribution >= 0.6 is 0 Å². The van der Waals surface area contributed by atoms with E-state index >= 15 is 0 Å². The highest BCUT2D eigenvalue weighted by atomic mass is 16.5. The molecule has 0 bridgehead atoms. The van der Waals surface area contributed by atoms with E-state index < -0.39 is 0 Å². The highest BCUT2D eigenvalue weighted by Gasteiger charge is 2.38. The number of rotatable bonds is 4. The molecule has 1 aromatic heterocycles. The number of pyridine rings is 1. The quantitative estimate of drug-likeness (QED) is 0.845. The summed E-state index contributed by atoms with van der Waals surface area (Å²) in [4.78, 5) is 4.19. The molecule has 0 radical (unpaired) electrons. The van der Waals surface area contributed by atoms with Gasteiger partial charge in [0.25, 0.3) is 0 Å². The van der Waals surface area contributed by atoms with E-state index in [9.17, 15) is 0 Å². The van der Waals surface area contributed by atoms with E-state index in [0.29, 0.717) is 0 Å². The molecule has 2 heterocycles. The summed E-state index contributed by atoms with van der Waals surface area (Å²) in [6, 6.07) is 4.35. The minimum Gasteiger partial charge on any atom is -0.373 e. The Balaban J connectivity index is 2.23. The van der Waals surface area contributed by atoms with Crippen LogP contribution in [0.25, 0.3) is 0 Å². The van der Waals surface area contributed by atoms with Gasteiger partial charge in [0.05, 0.1) is 11.6 Å². The minimum atomic E-state index is -0.0843. The second-order valence-corrected chi connectivity index (χ2v) is 4.54. The molecule has 2 unspecified atom stereocenters. The number of aromatic nitrogens is 1. The SMILES string of the molecule is CCNC(c1cccnc1)C1(C)CCCO1. The van der Waals surface area contributed by atoms with Crippen molar-refractivity contribution in [3.05, 3.63) is 30.1 Å². The predicted molar refractivity (Wildman–Crippen MR) is 64.2 cm³/mol. The first-order chi connectivity index (χ1) is 7.76. The molecule has 1 aliphatic heterocycles. The second kappa shape index (κ2) is 4.93. The number of likely N-dealkylation sites (N-methyl/N-ethyl adjacent to an activating group) is 1. The molecule has 1 fully saturated rings. The molecule has 1 aromatic rings. The normalized spacial score (nSPS) is 26.9. The van der Waals surface area contributed by atoms with Gasteiger partial charge >= 0.3 is 0 Å². The van der Waals surface area contributed by atoms with Crippen molar-refractivity contribution in [3.63, 3.8) is 0 Å². The maximum Gasteiger partial charge on any atom is 0.0849 e. The molecule has 0 amide bonds. The summed E-state index contributed by atoms with van der Waals surface area (Å²) in [6.07, 6.45) is 6.00. The van der Waals surface area contributed by atoms with Gasteiger partial charge in [-0.15, -0.1) is 0 Å². The zero-order valence-electron chi connectivity index (χ0n) is 10.1. The first kappa shape index (κ1) is 11.6. The van der Waals surface area contributed by atoms with Gasteiger partial charge in [0.15, 0.2) is 0 Å². The zero-order valence-corrected chi connectivity index (χ0v) is 10.1. The maximum absolute atomic E-state index is 5.92. The molecule has 88 valence electrons. The molecule has 0 aliphatic carbocycles. The largest absolute Gasteiger partial charge is 0.373 e. The van der Waals surface area contributed by atoms with Gasteiger partial charge in [0.2, 0.25) is 0 Å². The lowest BCUT2D eigenvalue weighted by molar-refractivity contribution is -0.0121. The van der Waals surface area contributed by atoms with E-state index in [2.05, 4.69) is 30.2 Å². The average molecular weight is 220 g/mol. The van der Waals surface area contributed by atoms with Crippen molar-refractivity contribution < 1.29 is 4.74 Å². The van der Waals surface area contributed by atoms with Gasteiger partial charge < -0.3 is 10.1 Å². The van der Waals surface area contributed by atoms with Crippen LogP contribution < -0.4 is 5.32 Å². The molecule has 1 saturated heterocycles. The summed E-state index contributed by atoms with van der Waals surface area (Å²) in [5.41, 5.74) is 1.13. The number of nitrogens with zero attached hydrogens (tertiary/aromatic N) is 1. The van der Waals surface area contributed by atoms with Crippen molar-refractivity contribution in [2.24, 2.45) is 0 Å². The Labute approximate surface area is 97.2 Å². The average Bonchev–Trinajstić information content (AvgIpc) is 2.75. The van der Waals surface area contributed by atoms with Gasteiger partial charge in [0.1, 0.15) is 0 Å². The third-order valence-corrected chi connectivity index (χ3v) is 3.29. The highest BCUT2D eigenvalue weighted by Crippen LogP contribution is 2.36. The van der Waals surface area contributed by atoms with E-state index in [1.165, 1.54) is 5.56 Å². The Morgan fingerprint density at radius 2 is 2.50 bits per heavy atom. The van der Waals surface area contributed by atoms with Crippen molar-refractivity contribution in [1.29, 1.82) is 0 Å². The Bertz CT molecular complexity index is 320. The van der Waals surface area contributed by atoms with Crippen LogP contribution in [-0.4, -0.2) is 23.7 Å². The van der Waals surface area contributed by atoms with Gasteiger partial charge in [0, 0.05) is 19.0 Å². The van der Waals surface area contributed by atoms with E-state index in [0.717, 1.165) is 26.0 Å². The van der Waals surface area contributed by atoms with Crippen LogP contribution in [0.5, 0.6) is 0 Å². The van der Waals surface area contributed by atoms with Crippen LogP contribution in [0.3, 0.4) is 0 Å². The Kier molecular flexibility index (Phi) is 3.56. The van der Waals surface area contributed by atoms with E-state index in [1.807, 2.05) is 18.5 Å². The van der Waals surface area contributed by atoms with Gasteiger partial charge in [-0.2, -0.15) is 0 Å². The zero-order chi connectivity index (χ0) is 11.4. The van der Waals surface area contributed by atoms with E-state index in [4.69, 9.17) is 4.74 Å². The fraction of sp³-hybridized carbons (Fsp3) is 0.615. The van der Waals surface area contributed by atoms with E-state index in [1.54, 1.807) is 0 Å². The summed E-state index contributed by atoms with van der Waals surface area (Å²) in [5, 5.41) is 3.52. The van der Waals surface area contributed by atoms with Crippen LogP contribution in [-0.2, 0) is 4.74 Å². The standard InChI is InChI=1S/C13H20N2O/c1-3-15-12(11-6-4-8-14-10-11)13(2)7-5-9-16-13/h4,6,8,10,12,15H,3,5,7,9H2,1-2H3. The Morgan fingerprint density at radius 3 is 3.06 bits per heavy atom. The third kappa shape index (κ3) is 2.25. The molecule has 0 saturated carbocycles. The second-order valence-electron chi connectivity index (χ2n) is 4.54. The molecule has 1 aliphatic rings. The third-order valence-electron chi connectivity index (χ3n) is 3.29. The topological polar surface area (TPSA) is 34.2 Å². The lowest BCUT2D eigenvalue weighted by Gasteiger charge is -2.34. The van der Waals surface area contributed by atoms with Crippen LogP contribution in [0.4, 0.5) is 0 Å². The fourth-order valence-corrected chi connectivity index (χ4v) is 2.47.